The third-order valence-electron chi connectivity index (χ3n) is 4.35. The van der Waals surface area contributed by atoms with Crippen molar-refractivity contribution in [2.24, 2.45) is 0 Å². The molecule has 128 valence electrons. The summed E-state index contributed by atoms with van der Waals surface area (Å²) < 4.78 is 0. The Labute approximate surface area is 138 Å². The van der Waals surface area contributed by atoms with Gasteiger partial charge in [-0.1, -0.05) is 39.0 Å². The summed E-state index contributed by atoms with van der Waals surface area (Å²) in [4.78, 5) is 16.5. The number of aromatic nitrogens is 1. The third-order valence-corrected chi connectivity index (χ3v) is 4.35. The van der Waals surface area contributed by atoms with Crippen LogP contribution < -0.4 is 10.6 Å². The molecule has 0 aliphatic carbocycles. The predicted molar refractivity (Wildman–Crippen MR) is 92.4 cm³/mol. The molecule has 2 heterocycles. The maximum atomic E-state index is 12.0. The van der Waals surface area contributed by atoms with Gasteiger partial charge in [-0.15, -0.1) is 0 Å². The first-order chi connectivity index (χ1) is 11.2. The number of aliphatic hydroxyl groups excluding tert-OH is 1. The molecule has 1 aliphatic heterocycles. The van der Waals surface area contributed by atoms with E-state index in [9.17, 15) is 9.90 Å². The molecule has 5 nitrogen and oxygen atoms in total. The summed E-state index contributed by atoms with van der Waals surface area (Å²) >= 11 is 0. The van der Waals surface area contributed by atoms with Gasteiger partial charge in [0.1, 0.15) is 6.04 Å². The smallest absolute Gasteiger partial charge is 0.244 e. The molecule has 3 N–H and O–H groups in total. The first-order valence-corrected chi connectivity index (χ1v) is 8.88. The Hall–Kier alpha value is -1.46. The molecule has 1 aromatic rings. The van der Waals surface area contributed by atoms with Gasteiger partial charge in [0.15, 0.2) is 0 Å². The number of carbonyl (C=O) groups is 1. The number of amides is 1. The average molecular weight is 319 g/mol. The highest BCUT2D eigenvalue weighted by molar-refractivity contribution is 5.95. The molecule has 1 fully saturated rings. The van der Waals surface area contributed by atoms with Crippen LogP contribution in [0.25, 0.3) is 0 Å². The Morgan fingerprint density at radius 2 is 2.09 bits per heavy atom. The Morgan fingerprint density at radius 1 is 1.30 bits per heavy atom. The molecule has 1 aromatic heterocycles. The molecular weight excluding hydrogens is 290 g/mol. The zero-order valence-corrected chi connectivity index (χ0v) is 14.1. The normalized spacial score (nSPS) is 20.6. The lowest BCUT2D eigenvalue weighted by Crippen LogP contribution is -2.42. The number of rotatable bonds is 9. The lowest BCUT2D eigenvalue weighted by atomic mass is 10.1. The molecule has 1 saturated heterocycles. The van der Waals surface area contributed by atoms with Crippen molar-refractivity contribution in [2.75, 3.05) is 11.9 Å². The van der Waals surface area contributed by atoms with Crippen molar-refractivity contribution in [3.8, 4) is 0 Å². The number of carbonyl (C=O) groups excluding carboxylic acids is 1. The third kappa shape index (κ3) is 5.92. The Morgan fingerprint density at radius 3 is 2.74 bits per heavy atom. The zero-order chi connectivity index (χ0) is 16.5. The summed E-state index contributed by atoms with van der Waals surface area (Å²) in [7, 11) is 0. The summed E-state index contributed by atoms with van der Waals surface area (Å²) in [6, 6.07) is 3.34. The van der Waals surface area contributed by atoms with Gasteiger partial charge in [0.2, 0.25) is 5.91 Å². The van der Waals surface area contributed by atoms with Gasteiger partial charge in [-0.05, 0) is 37.9 Å². The van der Waals surface area contributed by atoms with Crippen LogP contribution in [0.2, 0.25) is 0 Å². The van der Waals surface area contributed by atoms with E-state index in [1.165, 1.54) is 38.5 Å². The zero-order valence-electron chi connectivity index (χ0n) is 14.1. The number of hydrogen-bond donors (Lipinski definition) is 3. The minimum absolute atomic E-state index is 0.194. The van der Waals surface area contributed by atoms with Crippen molar-refractivity contribution < 1.29 is 9.90 Å². The topological polar surface area (TPSA) is 74.2 Å². The van der Waals surface area contributed by atoms with Crippen molar-refractivity contribution in [3.63, 3.8) is 0 Å². The van der Waals surface area contributed by atoms with Gasteiger partial charge in [-0.3, -0.25) is 9.78 Å². The molecular formula is C18H29N3O2. The predicted octanol–water partition coefficient (Wildman–Crippen LogP) is 2.65. The van der Waals surface area contributed by atoms with Gasteiger partial charge in [0, 0.05) is 5.69 Å². The largest absolute Gasteiger partial charge is 0.391 e. The standard InChI is InChI=1S/C18H29N3O2/c1-2-3-4-5-6-7-8-14-9-10-15(13-20-14)21-18(23)17-16(22)11-12-19-17/h9-10,13,16-17,19,22H,2-8,11-12H2,1H3,(H,21,23)/t16-,17-/m0/s1. The second-order valence-corrected chi connectivity index (χ2v) is 6.33. The van der Waals surface area contributed by atoms with Crippen LogP contribution in [0.15, 0.2) is 18.3 Å². The average Bonchev–Trinajstić information content (AvgIpc) is 2.98. The van der Waals surface area contributed by atoms with Crippen LogP contribution in [0.4, 0.5) is 5.69 Å². The van der Waals surface area contributed by atoms with E-state index in [-0.39, 0.29) is 5.91 Å². The van der Waals surface area contributed by atoms with E-state index < -0.39 is 12.1 Å². The van der Waals surface area contributed by atoms with Crippen LogP contribution in [0.5, 0.6) is 0 Å². The fourth-order valence-corrected chi connectivity index (χ4v) is 2.91. The van der Waals surface area contributed by atoms with E-state index in [1.807, 2.05) is 12.1 Å². The fraction of sp³-hybridized carbons (Fsp3) is 0.667. The highest BCUT2D eigenvalue weighted by Crippen LogP contribution is 2.13. The number of aliphatic hydroxyl groups is 1. The molecule has 1 aliphatic rings. The van der Waals surface area contributed by atoms with Crippen LogP contribution in [-0.4, -0.2) is 34.7 Å². The lowest BCUT2D eigenvalue weighted by Gasteiger charge is -2.14. The number of hydrogen-bond acceptors (Lipinski definition) is 4. The maximum absolute atomic E-state index is 12.0. The van der Waals surface area contributed by atoms with Gasteiger partial charge >= 0.3 is 0 Å². The number of anilines is 1. The quantitative estimate of drug-likeness (QED) is 0.612. The van der Waals surface area contributed by atoms with E-state index in [2.05, 4.69) is 22.5 Å². The summed E-state index contributed by atoms with van der Waals surface area (Å²) in [6.45, 7) is 2.91. The number of nitrogens with zero attached hydrogens (tertiary/aromatic N) is 1. The van der Waals surface area contributed by atoms with Crippen LogP contribution in [0, 0.1) is 0 Å². The van der Waals surface area contributed by atoms with Crippen molar-refractivity contribution in [2.45, 2.75) is 70.4 Å². The molecule has 0 unspecified atom stereocenters. The summed E-state index contributed by atoms with van der Waals surface area (Å²) in [5.74, 6) is -0.194. The summed E-state index contributed by atoms with van der Waals surface area (Å²) in [5, 5.41) is 15.5. The monoisotopic (exact) mass is 319 g/mol. The van der Waals surface area contributed by atoms with Crippen LogP contribution >= 0.6 is 0 Å². The van der Waals surface area contributed by atoms with E-state index in [0.717, 1.165) is 12.1 Å². The Balaban J connectivity index is 1.70. The first-order valence-electron chi connectivity index (χ1n) is 8.88. The highest BCUT2D eigenvalue weighted by Gasteiger charge is 2.30. The number of nitrogens with one attached hydrogen (secondary N) is 2. The first kappa shape index (κ1) is 17.9. The van der Waals surface area contributed by atoms with E-state index in [1.54, 1.807) is 6.20 Å². The molecule has 0 bridgehead atoms. The molecule has 0 saturated carbocycles. The molecule has 0 aromatic carbocycles. The molecule has 5 heteroatoms. The number of unbranched alkanes of at least 4 members (excludes halogenated alkanes) is 5. The van der Waals surface area contributed by atoms with Crippen molar-refractivity contribution in [1.29, 1.82) is 0 Å². The molecule has 23 heavy (non-hydrogen) atoms. The minimum atomic E-state index is -0.602. The number of aryl methyl sites for hydroxylation is 1. The fourth-order valence-electron chi connectivity index (χ4n) is 2.91. The van der Waals surface area contributed by atoms with Crippen molar-refractivity contribution in [1.82, 2.24) is 10.3 Å². The van der Waals surface area contributed by atoms with Gasteiger partial charge in [0.05, 0.1) is 18.0 Å². The molecule has 2 atom stereocenters. The molecule has 1 amide bonds. The summed E-state index contributed by atoms with van der Waals surface area (Å²) in [6.07, 6.45) is 10.4. The van der Waals surface area contributed by atoms with Gasteiger partial charge in [-0.25, -0.2) is 0 Å². The van der Waals surface area contributed by atoms with Crippen LogP contribution in [0.3, 0.4) is 0 Å². The SMILES string of the molecule is CCCCCCCCc1ccc(NC(=O)[C@H]2NCC[C@@H]2O)cn1. The van der Waals surface area contributed by atoms with Crippen molar-refractivity contribution >= 4 is 11.6 Å². The van der Waals surface area contributed by atoms with E-state index in [0.29, 0.717) is 18.7 Å². The maximum Gasteiger partial charge on any atom is 0.244 e. The lowest BCUT2D eigenvalue weighted by molar-refractivity contribution is -0.119. The number of pyridine rings is 1. The van der Waals surface area contributed by atoms with E-state index in [4.69, 9.17) is 0 Å². The Bertz CT molecular complexity index is 476. The van der Waals surface area contributed by atoms with Gasteiger partial charge in [0.25, 0.3) is 0 Å². The van der Waals surface area contributed by atoms with Crippen molar-refractivity contribution in [3.05, 3.63) is 24.0 Å². The van der Waals surface area contributed by atoms with Gasteiger partial charge in [-0.2, -0.15) is 0 Å². The van der Waals surface area contributed by atoms with E-state index >= 15 is 0 Å². The van der Waals surface area contributed by atoms with Crippen LogP contribution in [-0.2, 0) is 11.2 Å². The Kier molecular flexibility index (Phi) is 7.49. The minimum Gasteiger partial charge on any atom is -0.391 e. The molecule has 0 radical (unpaired) electrons. The summed E-state index contributed by atoms with van der Waals surface area (Å²) in [5.41, 5.74) is 1.75. The highest BCUT2D eigenvalue weighted by atomic mass is 16.3. The second-order valence-electron chi connectivity index (χ2n) is 6.33. The van der Waals surface area contributed by atoms with Crippen LogP contribution in [0.1, 0.15) is 57.6 Å². The molecule has 0 spiro atoms. The molecule has 2 rings (SSSR count). The van der Waals surface area contributed by atoms with Gasteiger partial charge < -0.3 is 15.7 Å². The second kappa shape index (κ2) is 9.63.